The Kier molecular flexibility index (Phi) is 4.29. The summed E-state index contributed by atoms with van der Waals surface area (Å²) in [6, 6.07) is -0.207. The van der Waals surface area contributed by atoms with Crippen molar-refractivity contribution in [2.24, 2.45) is 17.6 Å². The molecule has 2 atom stereocenters. The van der Waals surface area contributed by atoms with Gasteiger partial charge in [0.1, 0.15) is 0 Å². The summed E-state index contributed by atoms with van der Waals surface area (Å²) < 4.78 is 0. The number of nitrogens with zero attached hydrogens (tertiary/aromatic N) is 1. The first kappa shape index (κ1) is 13.0. The number of carboxylic acids is 1. The summed E-state index contributed by atoms with van der Waals surface area (Å²) in [5, 5.41) is 8.84. The molecule has 0 aromatic rings. The number of hydrogen-bond acceptors (Lipinski definition) is 3. The van der Waals surface area contributed by atoms with Crippen LogP contribution in [0.2, 0.25) is 0 Å². The highest BCUT2D eigenvalue weighted by atomic mass is 16.4. The van der Waals surface area contributed by atoms with Gasteiger partial charge in [-0.05, 0) is 18.4 Å². The predicted molar refractivity (Wildman–Crippen MR) is 59.8 cm³/mol. The molecule has 0 spiro atoms. The van der Waals surface area contributed by atoms with Crippen LogP contribution in [-0.4, -0.2) is 41.0 Å². The Morgan fingerprint density at radius 2 is 2.25 bits per heavy atom. The number of amides is 1. The molecule has 1 aliphatic rings. The van der Waals surface area contributed by atoms with Crippen LogP contribution in [0.3, 0.4) is 0 Å². The molecule has 1 aliphatic heterocycles. The summed E-state index contributed by atoms with van der Waals surface area (Å²) in [7, 11) is 0. The van der Waals surface area contributed by atoms with Crippen molar-refractivity contribution >= 4 is 11.9 Å². The van der Waals surface area contributed by atoms with Crippen molar-refractivity contribution in [1.82, 2.24) is 4.90 Å². The van der Waals surface area contributed by atoms with Gasteiger partial charge in [0, 0.05) is 19.0 Å². The third-order valence-corrected chi connectivity index (χ3v) is 3.13. The average Bonchev–Trinajstić information content (AvgIpc) is 2.55. The Balaban J connectivity index is 2.71. The molecule has 2 unspecified atom stereocenters. The largest absolute Gasteiger partial charge is 0.481 e. The zero-order chi connectivity index (χ0) is 12.3. The lowest BCUT2D eigenvalue weighted by Gasteiger charge is -2.30. The van der Waals surface area contributed by atoms with Crippen LogP contribution in [0.4, 0.5) is 0 Å². The monoisotopic (exact) mass is 228 g/mol. The Hall–Kier alpha value is -1.10. The lowest BCUT2D eigenvalue weighted by Crippen LogP contribution is -2.41. The molecule has 16 heavy (non-hydrogen) atoms. The topological polar surface area (TPSA) is 83.6 Å². The molecule has 1 fully saturated rings. The Morgan fingerprint density at radius 1 is 1.62 bits per heavy atom. The maximum atomic E-state index is 11.7. The van der Waals surface area contributed by atoms with Gasteiger partial charge in [-0.15, -0.1) is 0 Å². The average molecular weight is 228 g/mol. The Morgan fingerprint density at radius 3 is 2.62 bits per heavy atom. The van der Waals surface area contributed by atoms with Gasteiger partial charge >= 0.3 is 5.97 Å². The maximum absolute atomic E-state index is 11.7. The smallest absolute Gasteiger partial charge is 0.305 e. The minimum absolute atomic E-state index is 0.0146. The first-order valence-electron chi connectivity index (χ1n) is 5.67. The first-order chi connectivity index (χ1) is 7.45. The van der Waals surface area contributed by atoms with Crippen molar-refractivity contribution in [2.75, 3.05) is 13.1 Å². The van der Waals surface area contributed by atoms with E-state index in [1.165, 1.54) is 0 Å². The number of nitrogens with two attached hydrogens (primary N) is 1. The van der Waals surface area contributed by atoms with Crippen molar-refractivity contribution in [3.8, 4) is 0 Å². The molecule has 1 heterocycles. The highest BCUT2D eigenvalue weighted by Gasteiger charge is 2.35. The van der Waals surface area contributed by atoms with E-state index < -0.39 is 5.97 Å². The molecule has 0 aromatic heterocycles. The molecule has 5 heteroatoms. The third-order valence-electron chi connectivity index (χ3n) is 3.13. The standard InChI is InChI=1S/C11H20N2O3/c1-7(2)9(4-11(15)16)13-6-8(5-12)3-10(13)14/h7-9H,3-6,12H2,1-2H3,(H,15,16). The molecule has 0 aromatic carbocycles. The van der Waals surface area contributed by atoms with Crippen LogP contribution in [0.25, 0.3) is 0 Å². The minimum Gasteiger partial charge on any atom is -0.481 e. The summed E-state index contributed by atoms with van der Waals surface area (Å²) in [6.07, 6.45) is 0.472. The zero-order valence-corrected chi connectivity index (χ0v) is 9.85. The summed E-state index contributed by atoms with van der Waals surface area (Å²) in [5.41, 5.74) is 5.54. The van der Waals surface area contributed by atoms with Crippen LogP contribution < -0.4 is 5.73 Å². The van der Waals surface area contributed by atoms with E-state index in [1.54, 1.807) is 4.90 Å². The molecule has 92 valence electrons. The Labute approximate surface area is 95.6 Å². The van der Waals surface area contributed by atoms with E-state index >= 15 is 0 Å². The van der Waals surface area contributed by atoms with Gasteiger partial charge in [-0.1, -0.05) is 13.8 Å². The van der Waals surface area contributed by atoms with Crippen LogP contribution in [0, 0.1) is 11.8 Å². The van der Waals surface area contributed by atoms with Crippen LogP contribution >= 0.6 is 0 Å². The van der Waals surface area contributed by atoms with Crippen LogP contribution in [-0.2, 0) is 9.59 Å². The highest BCUT2D eigenvalue weighted by molar-refractivity contribution is 5.80. The van der Waals surface area contributed by atoms with Crippen LogP contribution in [0.1, 0.15) is 26.7 Å². The molecule has 1 rings (SSSR count). The summed E-state index contributed by atoms with van der Waals surface area (Å²) in [6.45, 7) is 4.97. The number of carboxylic acid groups (broad SMARTS) is 1. The highest BCUT2D eigenvalue weighted by Crippen LogP contribution is 2.24. The molecule has 1 saturated heterocycles. The zero-order valence-electron chi connectivity index (χ0n) is 9.85. The minimum atomic E-state index is -0.859. The molecular formula is C11H20N2O3. The van der Waals surface area contributed by atoms with Gasteiger partial charge in [0.2, 0.25) is 5.91 Å². The third kappa shape index (κ3) is 2.95. The van der Waals surface area contributed by atoms with Crippen molar-refractivity contribution in [1.29, 1.82) is 0 Å². The molecule has 0 saturated carbocycles. The van der Waals surface area contributed by atoms with Gasteiger partial charge in [0.25, 0.3) is 0 Å². The maximum Gasteiger partial charge on any atom is 0.305 e. The number of hydrogen-bond donors (Lipinski definition) is 2. The van der Waals surface area contributed by atoms with Crippen LogP contribution in [0.15, 0.2) is 0 Å². The van der Waals surface area contributed by atoms with Gasteiger partial charge in [-0.2, -0.15) is 0 Å². The van der Waals surface area contributed by atoms with E-state index in [2.05, 4.69) is 0 Å². The second kappa shape index (κ2) is 5.30. The number of carbonyl (C=O) groups is 2. The van der Waals surface area contributed by atoms with Gasteiger partial charge in [0.05, 0.1) is 6.42 Å². The summed E-state index contributed by atoms with van der Waals surface area (Å²) in [5.74, 6) is -0.489. The van der Waals surface area contributed by atoms with E-state index in [-0.39, 0.29) is 30.2 Å². The molecule has 0 bridgehead atoms. The molecule has 0 aliphatic carbocycles. The van der Waals surface area contributed by atoms with E-state index in [4.69, 9.17) is 10.8 Å². The SMILES string of the molecule is CC(C)C(CC(=O)O)N1CC(CN)CC1=O. The number of carbonyl (C=O) groups excluding carboxylic acids is 1. The number of likely N-dealkylation sites (tertiary alicyclic amines) is 1. The summed E-state index contributed by atoms with van der Waals surface area (Å²) >= 11 is 0. The fourth-order valence-corrected chi connectivity index (χ4v) is 2.17. The fourth-order valence-electron chi connectivity index (χ4n) is 2.17. The van der Waals surface area contributed by atoms with Gasteiger partial charge in [-0.25, -0.2) is 0 Å². The van der Waals surface area contributed by atoms with Gasteiger partial charge < -0.3 is 15.7 Å². The predicted octanol–water partition coefficient (Wildman–Crippen LogP) is 0.293. The molecule has 5 nitrogen and oxygen atoms in total. The molecule has 0 radical (unpaired) electrons. The molecule has 1 amide bonds. The van der Waals surface area contributed by atoms with Crippen LogP contribution in [0.5, 0.6) is 0 Å². The van der Waals surface area contributed by atoms with E-state index in [0.717, 1.165) is 0 Å². The Bertz CT molecular complexity index is 278. The lowest BCUT2D eigenvalue weighted by atomic mass is 9.99. The van der Waals surface area contributed by atoms with E-state index in [1.807, 2.05) is 13.8 Å². The van der Waals surface area contributed by atoms with E-state index in [9.17, 15) is 9.59 Å². The lowest BCUT2D eigenvalue weighted by molar-refractivity contribution is -0.140. The number of rotatable bonds is 5. The normalized spacial score (nSPS) is 22.9. The first-order valence-corrected chi connectivity index (χ1v) is 5.67. The molecular weight excluding hydrogens is 208 g/mol. The van der Waals surface area contributed by atoms with Crippen molar-refractivity contribution < 1.29 is 14.7 Å². The second-order valence-corrected chi connectivity index (χ2v) is 4.76. The second-order valence-electron chi connectivity index (χ2n) is 4.76. The van der Waals surface area contributed by atoms with Crippen molar-refractivity contribution in [3.63, 3.8) is 0 Å². The molecule has 3 N–H and O–H groups in total. The summed E-state index contributed by atoms with van der Waals surface area (Å²) in [4.78, 5) is 24.2. The quantitative estimate of drug-likeness (QED) is 0.708. The van der Waals surface area contributed by atoms with Gasteiger partial charge in [0.15, 0.2) is 0 Å². The fraction of sp³-hybridized carbons (Fsp3) is 0.818. The van der Waals surface area contributed by atoms with Crippen molar-refractivity contribution in [2.45, 2.75) is 32.7 Å². The van der Waals surface area contributed by atoms with E-state index in [0.29, 0.717) is 19.5 Å². The number of aliphatic carboxylic acids is 1. The van der Waals surface area contributed by atoms with Crippen molar-refractivity contribution in [3.05, 3.63) is 0 Å². The van der Waals surface area contributed by atoms with Gasteiger partial charge in [-0.3, -0.25) is 9.59 Å².